The molecule has 0 atom stereocenters. The van der Waals surface area contributed by atoms with Gasteiger partial charge in [-0.1, -0.05) is 0 Å². The van der Waals surface area contributed by atoms with Crippen molar-refractivity contribution in [2.24, 2.45) is 5.73 Å². The van der Waals surface area contributed by atoms with Crippen molar-refractivity contribution in [3.05, 3.63) is 36.7 Å². The Morgan fingerprint density at radius 2 is 2.04 bits per heavy atom. The van der Waals surface area contributed by atoms with Crippen molar-refractivity contribution in [3.8, 4) is 5.75 Å². The van der Waals surface area contributed by atoms with Gasteiger partial charge in [0.15, 0.2) is 11.5 Å². The average molecular weight is 364 g/mol. The maximum Gasteiger partial charge on any atom is 0.182 e. The molecule has 0 spiro atoms. The Hall–Kier alpha value is -3.20. The summed E-state index contributed by atoms with van der Waals surface area (Å²) in [6.45, 7) is 1.56. The number of piperidine rings is 1. The fraction of sp³-hybridized carbons (Fsp3) is 0.333. The topological polar surface area (TPSA) is 122 Å². The van der Waals surface area contributed by atoms with Gasteiger partial charge in [-0.2, -0.15) is 0 Å². The molecule has 138 valence electrons. The predicted molar refractivity (Wildman–Crippen MR) is 102 cm³/mol. The molecule has 1 aliphatic rings. The van der Waals surface area contributed by atoms with Crippen LogP contribution in [0.4, 0.5) is 5.82 Å². The van der Waals surface area contributed by atoms with Crippen molar-refractivity contribution >= 4 is 28.0 Å². The first-order valence-corrected chi connectivity index (χ1v) is 8.88. The molecule has 0 saturated carbocycles. The Balaban J connectivity index is 1.41. The van der Waals surface area contributed by atoms with Crippen molar-refractivity contribution in [1.82, 2.24) is 29.9 Å². The number of nitrogens with zero attached hydrogens (tertiary/aromatic N) is 5. The molecule has 1 aromatic carbocycles. The van der Waals surface area contributed by atoms with Gasteiger partial charge in [-0.15, -0.1) is 0 Å². The van der Waals surface area contributed by atoms with Gasteiger partial charge in [0.2, 0.25) is 0 Å². The first-order chi connectivity index (χ1) is 13.2. The lowest BCUT2D eigenvalue weighted by molar-refractivity contribution is 0.326. The summed E-state index contributed by atoms with van der Waals surface area (Å²) in [5, 5.41) is 0. The van der Waals surface area contributed by atoms with E-state index in [1.165, 1.54) is 0 Å². The summed E-state index contributed by atoms with van der Waals surface area (Å²) in [4.78, 5) is 26.3. The summed E-state index contributed by atoms with van der Waals surface area (Å²) in [5.41, 5.74) is 9.61. The Morgan fingerprint density at radius 1 is 1.19 bits per heavy atom. The van der Waals surface area contributed by atoms with Crippen molar-refractivity contribution in [2.45, 2.75) is 18.4 Å². The molecule has 5 rings (SSSR count). The van der Waals surface area contributed by atoms with E-state index >= 15 is 0 Å². The maximum atomic E-state index is 6.74. The molecule has 0 radical (unpaired) electrons. The minimum Gasteiger partial charge on any atom is -0.497 e. The zero-order valence-electron chi connectivity index (χ0n) is 14.9. The number of hydrogen-bond acceptors (Lipinski definition) is 7. The summed E-state index contributed by atoms with van der Waals surface area (Å²) in [7, 11) is 1.66. The standard InChI is InChI=1S/C18H20N8O/c1-27-11-2-3-12-13(8-11)25-17(24-12)18(19)4-6-26(7-5-18)16-14-15(21-9-20-14)22-10-23-16/h2-3,8-10H,4-7,19H2,1H3,(H,24,25)(H,20,21,22,23). The first kappa shape index (κ1) is 16.0. The van der Waals surface area contributed by atoms with Crippen molar-refractivity contribution in [2.75, 3.05) is 25.1 Å². The molecule has 0 bridgehead atoms. The molecule has 1 fully saturated rings. The van der Waals surface area contributed by atoms with Gasteiger partial charge in [0.05, 0.1) is 30.0 Å². The van der Waals surface area contributed by atoms with Gasteiger partial charge in [0.25, 0.3) is 0 Å². The van der Waals surface area contributed by atoms with Crippen molar-refractivity contribution in [1.29, 1.82) is 0 Å². The molecule has 27 heavy (non-hydrogen) atoms. The first-order valence-electron chi connectivity index (χ1n) is 8.88. The molecule has 3 aromatic heterocycles. The van der Waals surface area contributed by atoms with Crippen LogP contribution in [0, 0.1) is 0 Å². The van der Waals surface area contributed by atoms with Crippen LogP contribution in [0.2, 0.25) is 0 Å². The number of anilines is 1. The molecule has 0 unspecified atom stereocenters. The Labute approximate surface area is 155 Å². The summed E-state index contributed by atoms with van der Waals surface area (Å²) >= 11 is 0. The molecule has 1 saturated heterocycles. The van der Waals surface area contributed by atoms with E-state index in [-0.39, 0.29) is 0 Å². The lowest BCUT2D eigenvalue weighted by Gasteiger charge is -2.38. The van der Waals surface area contributed by atoms with Gasteiger partial charge in [0.1, 0.15) is 23.4 Å². The number of nitrogens with two attached hydrogens (primary N) is 1. The fourth-order valence-electron chi connectivity index (χ4n) is 3.70. The number of H-pyrrole nitrogens is 2. The zero-order chi connectivity index (χ0) is 18.4. The van der Waals surface area contributed by atoms with E-state index in [1.54, 1.807) is 19.8 Å². The highest BCUT2D eigenvalue weighted by Crippen LogP contribution is 2.33. The van der Waals surface area contributed by atoms with E-state index in [1.807, 2.05) is 18.2 Å². The third-order valence-corrected chi connectivity index (χ3v) is 5.32. The molecule has 1 aliphatic heterocycles. The van der Waals surface area contributed by atoms with Gasteiger partial charge in [-0.05, 0) is 25.0 Å². The number of benzene rings is 1. The van der Waals surface area contributed by atoms with Crippen LogP contribution in [0.3, 0.4) is 0 Å². The second-order valence-corrected chi connectivity index (χ2v) is 6.91. The predicted octanol–water partition coefficient (Wildman–Crippen LogP) is 1.69. The molecular weight excluding hydrogens is 344 g/mol. The van der Waals surface area contributed by atoms with Crippen molar-refractivity contribution in [3.63, 3.8) is 0 Å². The van der Waals surface area contributed by atoms with Gasteiger partial charge < -0.3 is 25.3 Å². The van der Waals surface area contributed by atoms with E-state index in [0.29, 0.717) is 5.65 Å². The maximum absolute atomic E-state index is 6.74. The number of nitrogens with one attached hydrogen (secondary N) is 2. The van der Waals surface area contributed by atoms with E-state index in [2.05, 4.69) is 29.8 Å². The Kier molecular flexibility index (Phi) is 3.51. The lowest BCUT2D eigenvalue weighted by Crippen LogP contribution is -2.49. The van der Waals surface area contributed by atoms with Crippen LogP contribution in [-0.2, 0) is 5.54 Å². The smallest absolute Gasteiger partial charge is 0.182 e. The molecule has 4 aromatic rings. The molecule has 0 amide bonds. The number of methoxy groups -OCH3 is 1. The number of aromatic nitrogens is 6. The highest BCUT2D eigenvalue weighted by molar-refractivity contribution is 5.82. The van der Waals surface area contributed by atoms with E-state index in [0.717, 1.165) is 59.9 Å². The summed E-state index contributed by atoms with van der Waals surface area (Å²) < 4.78 is 5.29. The van der Waals surface area contributed by atoms with E-state index < -0.39 is 5.54 Å². The Bertz CT molecular complexity index is 1110. The molecule has 4 heterocycles. The lowest BCUT2D eigenvalue weighted by atomic mass is 9.88. The third-order valence-electron chi connectivity index (χ3n) is 5.32. The van der Waals surface area contributed by atoms with Crippen LogP contribution in [0.25, 0.3) is 22.2 Å². The minimum atomic E-state index is -0.497. The third kappa shape index (κ3) is 2.58. The number of ether oxygens (including phenoxy) is 1. The summed E-state index contributed by atoms with van der Waals surface area (Å²) in [6.07, 6.45) is 4.73. The monoisotopic (exact) mass is 364 g/mol. The molecule has 9 heteroatoms. The molecule has 9 nitrogen and oxygen atoms in total. The van der Waals surface area contributed by atoms with Gasteiger partial charge >= 0.3 is 0 Å². The number of aromatic amines is 2. The van der Waals surface area contributed by atoms with Crippen LogP contribution in [0.15, 0.2) is 30.9 Å². The quantitative estimate of drug-likeness (QED) is 0.506. The van der Waals surface area contributed by atoms with Crippen molar-refractivity contribution < 1.29 is 4.74 Å². The van der Waals surface area contributed by atoms with Gasteiger partial charge in [0, 0.05) is 19.2 Å². The minimum absolute atomic E-state index is 0.497. The molecular formula is C18H20N8O. The molecule has 0 aliphatic carbocycles. The van der Waals surface area contributed by atoms with Crippen LogP contribution >= 0.6 is 0 Å². The van der Waals surface area contributed by atoms with E-state index in [9.17, 15) is 0 Å². The SMILES string of the molecule is COc1ccc2nc(C3(N)CCN(c4ncnc5nc[nH]c45)CC3)[nH]c2c1. The summed E-state index contributed by atoms with van der Waals surface area (Å²) in [5.74, 6) is 2.49. The largest absolute Gasteiger partial charge is 0.497 e. The number of fused-ring (bicyclic) bond motifs is 2. The van der Waals surface area contributed by atoms with Gasteiger partial charge in [-0.3, -0.25) is 0 Å². The van der Waals surface area contributed by atoms with Crippen LogP contribution in [0.1, 0.15) is 18.7 Å². The van der Waals surface area contributed by atoms with Crippen LogP contribution in [-0.4, -0.2) is 50.1 Å². The normalized spacial score (nSPS) is 16.9. The average Bonchev–Trinajstić information content (AvgIpc) is 3.35. The van der Waals surface area contributed by atoms with Crippen LogP contribution < -0.4 is 15.4 Å². The highest BCUT2D eigenvalue weighted by Gasteiger charge is 2.36. The summed E-state index contributed by atoms with van der Waals surface area (Å²) in [6, 6.07) is 5.80. The van der Waals surface area contributed by atoms with E-state index in [4.69, 9.17) is 15.5 Å². The highest BCUT2D eigenvalue weighted by atomic mass is 16.5. The second-order valence-electron chi connectivity index (χ2n) is 6.91. The fourth-order valence-corrected chi connectivity index (χ4v) is 3.70. The number of hydrogen-bond donors (Lipinski definition) is 3. The Morgan fingerprint density at radius 3 is 2.85 bits per heavy atom. The van der Waals surface area contributed by atoms with Crippen LogP contribution in [0.5, 0.6) is 5.75 Å². The second kappa shape index (κ2) is 5.92. The zero-order valence-corrected chi connectivity index (χ0v) is 14.9. The number of imidazole rings is 2. The van der Waals surface area contributed by atoms with Gasteiger partial charge in [-0.25, -0.2) is 19.9 Å². The molecule has 4 N–H and O–H groups in total. The number of rotatable bonds is 3.